The van der Waals surface area contributed by atoms with E-state index in [4.69, 9.17) is 0 Å². The molecule has 1 aliphatic heterocycles. The molecule has 28 heavy (non-hydrogen) atoms. The molecule has 1 saturated heterocycles. The standard InChI is InChI=1S/C20H25BrN2O3S2/c1-15(7-8-16-5-3-2-4-6-16)22-20(24)17-11-13-23(14-12-17)28(25,26)19-10-9-18(21)27-19/h2-6,9-10,15,17H,7-8,11-14H2,1H3,(H,22,24)/t15-/m0/s1. The van der Waals surface area contributed by atoms with E-state index in [1.807, 2.05) is 25.1 Å². The lowest BCUT2D eigenvalue weighted by Crippen LogP contribution is -2.44. The number of aryl methyl sites for hydroxylation is 1. The van der Waals surface area contributed by atoms with Gasteiger partial charge in [0.2, 0.25) is 5.91 Å². The van der Waals surface area contributed by atoms with Crippen LogP contribution >= 0.6 is 27.3 Å². The molecule has 3 rings (SSSR count). The zero-order valence-electron chi connectivity index (χ0n) is 15.8. The van der Waals surface area contributed by atoms with Crippen LogP contribution in [-0.2, 0) is 21.2 Å². The van der Waals surface area contributed by atoms with Gasteiger partial charge in [0.25, 0.3) is 10.0 Å². The molecule has 0 unspecified atom stereocenters. The highest BCUT2D eigenvalue weighted by molar-refractivity contribution is 9.11. The monoisotopic (exact) mass is 484 g/mol. The maximum Gasteiger partial charge on any atom is 0.252 e. The lowest BCUT2D eigenvalue weighted by Gasteiger charge is -2.30. The highest BCUT2D eigenvalue weighted by atomic mass is 79.9. The van der Waals surface area contributed by atoms with Gasteiger partial charge >= 0.3 is 0 Å². The van der Waals surface area contributed by atoms with Crippen LogP contribution in [0.4, 0.5) is 0 Å². The second-order valence-electron chi connectivity index (χ2n) is 7.17. The van der Waals surface area contributed by atoms with Gasteiger partial charge in [-0.2, -0.15) is 4.31 Å². The molecular formula is C20H25BrN2O3S2. The molecule has 2 heterocycles. The van der Waals surface area contributed by atoms with Crippen molar-refractivity contribution in [1.29, 1.82) is 0 Å². The average Bonchev–Trinajstić information content (AvgIpc) is 3.14. The number of amides is 1. The van der Waals surface area contributed by atoms with Crippen molar-refractivity contribution in [2.45, 2.75) is 42.9 Å². The molecular weight excluding hydrogens is 460 g/mol. The lowest BCUT2D eigenvalue weighted by atomic mass is 9.96. The predicted molar refractivity (Wildman–Crippen MR) is 116 cm³/mol. The first-order valence-electron chi connectivity index (χ1n) is 9.46. The van der Waals surface area contributed by atoms with Gasteiger partial charge in [0, 0.05) is 25.0 Å². The van der Waals surface area contributed by atoms with Crippen molar-refractivity contribution in [2.24, 2.45) is 5.92 Å². The molecule has 8 heteroatoms. The van der Waals surface area contributed by atoms with E-state index in [2.05, 4.69) is 33.4 Å². The predicted octanol–water partition coefficient (Wildman–Crippen LogP) is 4.05. The summed E-state index contributed by atoms with van der Waals surface area (Å²) < 4.78 is 28.0. The molecule has 1 fully saturated rings. The quantitative estimate of drug-likeness (QED) is 0.644. The minimum atomic E-state index is -3.46. The van der Waals surface area contributed by atoms with Crippen LogP contribution in [0.5, 0.6) is 0 Å². The number of hydrogen-bond donors (Lipinski definition) is 1. The van der Waals surface area contributed by atoms with Gasteiger partial charge in [-0.25, -0.2) is 8.42 Å². The van der Waals surface area contributed by atoms with E-state index in [1.54, 1.807) is 12.1 Å². The topological polar surface area (TPSA) is 66.5 Å². The largest absolute Gasteiger partial charge is 0.353 e. The molecule has 0 radical (unpaired) electrons. The fraction of sp³-hybridized carbons (Fsp3) is 0.450. The molecule has 0 saturated carbocycles. The fourth-order valence-corrected chi connectivity index (χ4v) is 7.02. The Morgan fingerprint density at radius 2 is 1.89 bits per heavy atom. The average molecular weight is 485 g/mol. The van der Waals surface area contributed by atoms with E-state index in [0.717, 1.165) is 16.6 Å². The minimum absolute atomic E-state index is 0.0384. The Hall–Kier alpha value is -1.22. The number of nitrogens with zero attached hydrogens (tertiary/aromatic N) is 1. The van der Waals surface area contributed by atoms with E-state index < -0.39 is 10.0 Å². The second kappa shape index (κ2) is 9.52. The molecule has 1 atom stereocenters. The van der Waals surface area contributed by atoms with Gasteiger partial charge in [-0.15, -0.1) is 11.3 Å². The molecule has 0 aliphatic carbocycles. The Morgan fingerprint density at radius 1 is 1.21 bits per heavy atom. The summed E-state index contributed by atoms with van der Waals surface area (Å²) in [6.07, 6.45) is 2.93. The fourth-order valence-electron chi connectivity index (χ4n) is 3.38. The number of rotatable bonds is 7. The number of thiophene rings is 1. The number of carbonyl (C=O) groups is 1. The summed E-state index contributed by atoms with van der Waals surface area (Å²) in [5, 5.41) is 3.10. The molecule has 0 bridgehead atoms. The molecule has 0 spiro atoms. The summed E-state index contributed by atoms with van der Waals surface area (Å²) in [6, 6.07) is 13.7. The molecule has 1 aromatic carbocycles. The van der Waals surface area contributed by atoms with E-state index in [0.29, 0.717) is 30.1 Å². The lowest BCUT2D eigenvalue weighted by molar-refractivity contribution is -0.126. The zero-order chi connectivity index (χ0) is 20.1. The highest BCUT2D eigenvalue weighted by Crippen LogP contribution is 2.30. The summed E-state index contributed by atoms with van der Waals surface area (Å²) in [6.45, 7) is 2.79. The third-order valence-corrected chi connectivity index (χ3v) is 9.05. The van der Waals surface area contributed by atoms with Crippen molar-refractivity contribution in [1.82, 2.24) is 9.62 Å². The van der Waals surface area contributed by atoms with Crippen LogP contribution in [0.25, 0.3) is 0 Å². The Bertz CT molecular complexity index is 891. The van der Waals surface area contributed by atoms with E-state index in [1.165, 1.54) is 21.2 Å². The molecule has 1 amide bonds. The molecule has 5 nitrogen and oxygen atoms in total. The summed E-state index contributed by atoms with van der Waals surface area (Å²) in [5.74, 6) is -0.0859. The number of hydrogen-bond acceptors (Lipinski definition) is 4. The Labute approximate surface area is 179 Å². The van der Waals surface area contributed by atoms with Gasteiger partial charge < -0.3 is 5.32 Å². The maximum absolute atomic E-state index is 12.7. The van der Waals surface area contributed by atoms with Crippen LogP contribution < -0.4 is 5.32 Å². The van der Waals surface area contributed by atoms with E-state index in [9.17, 15) is 13.2 Å². The molecule has 1 N–H and O–H groups in total. The van der Waals surface area contributed by atoms with Gasteiger partial charge in [-0.05, 0) is 66.2 Å². The molecule has 152 valence electrons. The Balaban J connectivity index is 1.47. The van der Waals surface area contributed by atoms with Crippen LogP contribution in [0.1, 0.15) is 31.7 Å². The number of benzene rings is 1. The van der Waals surface area contributed by atoms with E-state index in [-0.39, 0.29) is 17.9 Å². The maximum atomic E-state index is 12.7. The zero-order valence-corrected chi connectivity index (χ0v) is 19.0. The van der Waals surface area contributed by atoms with E-state index >= 15 is 0 Å². The number of piperidine rings is 1. The minimum Gasteiger partial charge on any atom is -0.353 e. The molecule has 2 aromatic rings. The first-order valence-corrected chi connectivity index (χ1v) is 12.5. The normalized spacial score (nSPS) is 17.4. The highest BCUT2D eigenvalue weighted by Gasteiger charge is 2.33. The van der Waals surface area contributed by atoms with Crippen molar-refractivity contribution in [3.8, 4) is 0 Å². The second-order valence-corrected chi connectivity index (χ2v) is 11.8. The van der Waals surface area contributed by atoms with Crippen molar-refractivity contribution in [3.05, 3.63) is 51.8 Å². The van der Waals surface area contributed by atoms with Crippen molar-refractivity contribution in [3.63, 3.8) is 0 Å². The smallest absolute Gasteiger partial charge is 0.252 e. The Morgan fingerprint density at radius 3 is 2.50 bits per heavy atom. The number of nitrogens with one attached hydrogen (secondary N) is 1. The van der Waals surface area contributed by atoms with Crippen LogP contribution in [0.3, 0.4) is 0 Å². The summed E-state index contributed by atoms with van der Waals surface area (Å²) >= 11 is 4.53. The van der Waals surface area contributed by atoms with Gasteiger partial charge in [0.1, 0.15) is 4.21 Å². The van der Waals surface area contributed by atoms with Crippen molar-refractivity contribution >= 4 is 43.2 Å². The van der Waals surface area contributed by atoms with Crippen LogP contribution in [0, 0.1) is 5.92 Å². The van der Waals surface area contributed by atoms with Gasteiger partial charge in [-0.1, -0.05) is 30.3 Å². The number of halogens is 1. The van der Waals surface area contributed by atoms with Crippen molar-refractivity contribution in [2.75, 3.05) is 13.1 Å². The summed E-state index contributed by atoms with van der Waals surface area (Å²) in [5.41, 5.74) is 1.27. The third-order valence-electron chi connectivity index (χ3n) is 5.06. The third kappa shape index (κ3) is 5.43. The first-order chi connectivity index (χ1) is 13.4. The van der Waals surface area contributed by atoms with Crippen molar-refractivity contribution < 1.29 is 13.2 Å². The first kappa shape index (κ1) is 21.5. The van der Waals surface area contributed by atoms with Gasteiger partial charge in [0.15, 0.2) is 0 Å². The SMILES string of the molecule is C[C@@H](CCc1ccccc1)NC(=O)C1CCN(S(=O)(=O)c2ccc(Br)s2)CC1. The Kier molecular flexibility index (Phi) is 7.31. The van der Waals surface area contributed by atoms with Crippen LogP contribution in [0.15, 0.2) is 50.5 Å². The molecule has 1 aliphatic rings. The van der Waals surface area contributed by atoms with Gasteiger partial charge in [0.05, 0.1) is 3.79 Å². The molecule has 1 aromatic heterocycles. The number of sulfonamides is 1. The van der Waals surface area contributed by atoms with Crippen LogP contribution in [0.2, 0.25) is 0 Å². The van der Waals surface area contributed by atoms with Crippen LogP contribution in [-0.4, -0.2) is 37.8 Å². The summed E-state index contributed by atoms with van der Waals surface area (Å²) in [7, 11) is -3.46. The summed E-state index contributed by atoms with van der Waals surface area (Å²) in [4.78, 5) is 12.6. The van der Waals surface area contributed by atoms with Gasteiger partial charge in [-0.3, -0.25) is 4.79 Å². The number of carbonyl (C=O) groups excluding carboxylic acids is 1.